The fourth-order valence-electron chi connectivity index (χ4n) is 5.93. The predicted octanol–water partition coefficient (Wildman–Crippen LogP) is 8.50. The maximum atomic E-state index is 10.2. The Morgan fingerprint density at radius 1 is 0.556 bits per heavy atom. The van der Waals surface area contributed by atoms with Crippen LogP contribution in [0, 0.1) is 6.92 Å². The second-order valence-electron chi connectivity index (χ2n) is 9.60. The summed E-state index contributed by atoms with van der Waals surface area (Å²) in [5.41, 5.74) is 5.24. The quantitative estimate of drug-likeness (QED) is 0.278. The minimum atomic E-state index is -0.573. The van der Waals surface area contributed by atoms with E-state index in [4.69, 9.17) is 4.74 Å². The van der Waals surface area contributed by atoms with Gasteiger partial charge >= 0.3 is 0 Å². The Labute approximate surface area is 210 Å². The summed E-state index contributed by atoms with van der Waals surface area (Å²) in [6, 6.07) is 42.2. The van der Waals surface area contributed by atoms with E-state index in [1.54, 1.807) is 12.1 Å². The van der Waals surface area contributed by atoms with Crippen LogP contribution in [0.3, 0.4) is 0 Å². The minimum absolute atomic E-state index is 0.247. The summed E-state index contributed by atoms with van der Waals surface area (Å²) < 4.78 is 6.90. The zero-order chi connectivity index (χ0) is 24.3. The van der Waals surface area contributed by atoms with Crippen molar-refractivity contribution in [2.75, 3.05) is 0 Å². The third-order valence-corrected chi connectivity index (χ3v) is 7.51. The molecule has 0 unspecified atom stereocenters. The van der Waals surface area contributed by atoms with Crippen LogP contribution in [-0.4, -0.2) is 5.11 Å². The Balaban J connectivity index is 1.70. The van der Waals surface area contributed by atoms with Crippen LogP contribution in [0.2, 0.25) is 0 Å². The van der Waals surface area contributed by atoms with Crippen LogP contribution in [0.4, 0.5) is 0 Å². The molecule has 2 nitrogen and oxygen atoms in total. The van der Waals surface area contributed by atoms with Crippen molar-refractivity contribution in [3.63, 3.8) is 0 Å². The van der Waals surface area contributed by atoms with Crippen molar-refractivity contribution in [1.29, 1.82) is 0 Å². The molecular formula is C34H24O2. The van der Waals surface area contributed by atoms with E-state index in [9.17, 15) is 5.11 Å². The molecule has 1 heterocycles. The van der Waals surface area contributed by atoms with Gasteiger partial charge in [-0.05, 0) is 47.0 Å². The van der Waals surface area contributed by atoms with Crippen molar-refractivity contribution >= 4 is 21.5 Å². The third kappa shape index (κ3) is 2.85. The predicted molar refractivity (Wildman–Crippen MR) is 146 cm³/mol. The number of hydrogen-bond acceptors (Lipinski definition) is 2. The lowest BCUT2D eigenvalue weighted by atomic mass is 9.63. The molecule has 7 rings (SSSR count). The highest BCUT2D eigenvalue weighted by Crippen LogP contribution is 2.58. The molecule has 0 amide bonds. The first-order valence-corrected chi connectivity index (χ1v) is 12.3. The first kappa shape index (κ1) is 20.8. The van der Waals surface area contributed by atoms with Gasteiger partial charge in [0.05, 0.1) is 5.41 Å². The molecule has 1 aliphatic heterocycles. The molecular weight excluding hydrogens is 440 g/mol. The lowest BCUT2D eigenvalue weighted by Gasteiger charge is -2.42. The lowest BCUT2D eigenvalue weighted by Crippen LogP contribution is -2.34. The molecule has 1 N–H and O–H groups in total. The summed E-state index contributed by atoms with van der Waals surface area (Å²) >= 11 is 0. The molecule has 0 radical (unpaired) electrons. The van der Waals surface area contributed by atoms with Crippen molar-refractivity contribution in [2.24, 2.45) is 0 Å². The van der Waals surface area contributed by atoms with Gasteiger partial charge in [0.15, 0.2) is 0 Å². The van der Waals surface area contributed by atoms with E-state index >= 15 is 0 Å². The number of rotatable bonds is 2. The van der Waals surface area contributed by atoms with Crippen molar-refractivity contribution < 1.29 is 9.84 Å². The number of fused-ring (bicyclic) bond motifs is 6. The number of benzene rings is 6. The van der Waals surface area contributed by atoms with Gasteiger partial charge in [0.25, 0.3) is 0 Å². The van der Waals surface area contributed by atoms with Crippen LogP contribution >= 0.6 is 0 Å². The maximum absolute atomic E-state index is 10.2. The smallest absolute Gasteiger partial charge is 0.140 e. The largest absolute Gasteiger partial charge is 0.508 e. The van der Waals surface area contributed by atoms with Gasteiger partial charge in [-0.3, -0.25) is 0 Å². The van der Waals surface area contributed by atoms with E-state index in [1.807, 2.05) is 6.07 Å². The van der Waals surface area contributed by atoms with Gasteiger partial charge in [-0.15, -0.1) is 0 Å². The second-order valence-corrected chi connectivity index (χ2v) is 9.60. The van der Waals surface area contributed by atoms with E-state index in [1.165, 1.54) is 16.7 Å². The Hall–Kier alpha value is -4.56. The molecule has 1 aliphatic rings. The first-order chi connectivity index (χ1) is 17.7. The SMILES string of the molecule is Cc1ccc2c3c(ccc2c1)C(c1ccccc1)(c1ccccc1)c1ccc2cc(O)ccc2c1O3. The van der Waals surface area contributed by atoms with E-state index in [0.717, 1.165) is 44.2 Å². The van der Waals surface area contributed by atoms with Crippen LogP contribution in [0.5, 0.6) is 17.2 Å². The van der Waals surface area contributed by atoms with Crippen molar-refractivity contribution in [3.8, 4) is 17.2 Å². The molecule has 6 aromatic carbocycles. The third-order valence-electron chi connectivity index (χ3n) is 7.51. The summed E-state index contributed by atoms with van der Waals surface area (Å²) in [6.45, 7) is 2.12. The van der Waals surface area contributed by atoms with Crippen molar-refractivity contribution in [2.45, 2.75) is 12.3 Å². The number of ether oxygens (including phenoxy) is 1. The summed E-state index contributed by atoms with van der Waals surface area (Å²) in [6.07, 6.45) is 0. The standard InChI is InChI=1S/C34H24O2/c1-22-12-16-28-23(20-22)13-18-30-32(28)36-33-29-17-15-27(35)21-24(29)14-19-31(33)34(30,25-8-4-2-5-9-25)26-10-6-3-7-11-26/h2-21,35H,1H3. The van der Waals surface area contributed by atoms with E-state index in [2.05, 4.69) is 110 Å². The summed E-state index contributed by atoms with van der Waals surface area (Å²) in [7, 11) is 0. The minimum Gasteiger partial charge on any atom is -0.508 e. The zero-order valence-electron chi connectivity index (χ0n) is 19.9. The fraction of sp³-hybridized carbons (Fsp3) is 0.0588. The van der Waals surface area contributed by atoms with Gasteiger partial charge in [-0.2, -0.15) is 0 Å². The summed E-state index contributed by atoms with van der Waals surface area (Å²) in [5.74, 6) is 1.96. The van der Waals surface area contributed by atoms with E-state index in [0.29, 0.717) is 0 Å². The normalized spacial score (nSPS) is 13.7. The second kappa shape index (κ2) is 7.73. The molecule has 0 fully saturated rings. The Morgan fingerprint density at radius 3 is 1.67 bits per heavy atom. The van der Waals surface area contributed by atoms with E-state index in [-0.39, 0.29) is 5.75 Å². The number of phenolic OH excluding ortho intramolecular Hbond substituents is 1. The fourth-order valence-corrected chi connectivity index (χ4v) is 5.93. The topological polar surface area (TPSA) is 29.5 Å². The highest BCUT2D eigenvalue weighted by molar-refractivity contribution is 5.97. The highest BCUT2D eigenvalue weighted by Gasteiger charge is 2.46. The first-order valence-electron chi connectivity index (χ1n) is 12.3. The molecule has 0 aromatic heterocycles. The van der Waals surface area contributed by atoms with Gasteiger partial charge in [0.1, 0.15) is 17.2 Å². The van der Waals surface area contributed by atoms with Crippen LogP contribution < -0.4 is 4.74 Å². The molecule has 6 aromatic rings. The van der Waals surface area contributed by atoms with Gasteiger partial charge in [0.2, 0.25) is 0 Å². The van der Waals surface area contributed by atoms with Crippen molar-refractivity contribution in [3.05, 3.63) is 149 Å². The van der Waals surface area contributed by atoms with Gasteiger partial charge < -0.3 is 9.84 Å². The van der Waals surface area contributed by atoms with Crippen molar-refractivity contribution in [1.82, 2.24) is 0 Å². The van der Waals surface area contributed by atoms with Crippen LogP contribution in [0.1, 0.15) is 27.8 Å². The van der Waals surface area contributed by atoms with Crippen LogP contribution in [0.25, 0.3) is 21.5 Å². The number of aromatic hydroxyl groups is 1. The Bertz CT molecular complexity index is 1640. The number of hydrogen-bond donors (Lipinski definition) is 1. The molecule has 36 heavy (non-hydrogen) atoms. The molecule has 172 valence electrons. The van der Waals surface area contributed by atoms with E-state index < -0.39 is 5.41 Å². The molecule has 0 spiro atoms. The zero-order valence-corrected chi connectivity index (χ0v) is 19.9. The molecule has 0 bridgehead atoms. The molecule has 2 heteroatoms. The monoisotopic (exact) mass is 464 g/mol. The Kier molecular flexibility index (Phi) is 4.46. The van der Waals surface area contributed by atoms with Crippen LogP contribution in [-0.2, 0) is 5.41 Å². The highest BCUT2D eigenvalue weighted by atomic mass is 16.5. The summed E-state index contributed by atoms with van der Waals surface area (Å²) in [4.78, 5) is 0. The molecule has 0 saturated heterocycles. The molecule has 0 atom stereocenters. The van der Waals surface area contributed by atoms with Gasteiger partial charge in [-0.1, -0.05) is 109 Å². The average molecular weight is 465 g/mol. The summed E-state index contributed by atoms with van der Waals surface area (Å²) in [5, 5.41) is 14.4. The Morgan fingerprint density at radius 2 is 1.08 bits per heavy atom. The van der Waals surface area contributed by atoms with Gasteiger partial charge in [0, 0.05) is 21.9 Å². The average Bonchev–Trinajstić information content (AvgIpc) is 2.92. The maximum Gasteiger partial charge on any atom is 0.140 e. The molecule has 0 saturated carbocycles. The number of phenols is 1. The van der Waals surface area contributed by atoms with Crippen LogP contribution in [0.15, 0.2) is 121 Å². The molecule has 0 aliphatic carbocycles. The van der Waals surface area contributed by atoms with Gasteiger partial charge in [-0.25, -0.2) is 0 Å². The number of aryl methyl sites for hydroxylation is 1. The lowest BCUT2D eigenvalue weighted by molar-refractivity contribution is 0.445.